The summed E-state index contributed by atoms with van der Waals surface area (Å²) < 4.78 is 33.8. The molecule has 0 bridgehead atoms. The van der Waals surface area contributed by atoms with Crippen molar-refractivity contribution in [1.82, 2.24) is 9.97 Å². The lowest BCUT2D eigenvalue weighted by atomic mass is 9.75. The van der Waals surface area contributed by atoms with Crippen LogP contribution >= 0.6 is 11.6 Å². The number of halogens is 1. The van der Waals surface area contributed by atoms with E-state index in [9.17, 15) is 9.59 Å². The normalized spacial score (nSPS) is 15.5. The minimum absolute atomic E-state index is 0.0591. The van der Waals surface area contributed by atoms with Crippen LogP contribution in [0.25, 0.3) is 10.9 Å². The van der Waals surface area contributed by atoms with Crippen molar-refractivity contribution in [1.29, 1.82) is 0 Å². The number of nitrogens with zero attached hydrogens (tertiary/aromatic N) is 4. The van der Waals surface area contributed by atoms with Crippen LogP contribution in [0.15, 0.2) is 83.0 Å². The summed E-state index contributed by atoms with van der Waals surface area (Å²) in [4.78, 5) is 42.8. The summed E-state index contributed by atoms with van der Waals surface area (Å²) in [5.74, 6) is -1.23. The smallest absolute Gasteiger partial charge is 0.336 e. The summed E-state index contributed by atoms with van der Waals surface area (Å²) in [6.45, 7) is 5.20. The van der Waals surface area contributed by atoms with Crippen molar-refractivity contribution in [3.63, 3.8) is 0 Å². The van der Waals surface area contributed by atoms with Gasteiger partial charge in [0, 0.05) is 41.2 Å². The number of rotatable bonds is 17. The molecule has 2 N–H and O–H groups in total. The zero-order chi connectivity index (χ0) is 37.9. The van der Waals surface area contributed by atoms with Crippen molar-refractivity contribution < 1.29 is 38.0 Å². The zero-order valence-corrected chi connectivity index (χ0v) is 31.2. The summed E-state index contributed by atoms with van der Waals surface area (Å²) in [5.41, 5.74) is 9.61. The van der Waals surface area contributed by atoms with Crippen LogP contribution in [0, 0.1) is 5.92 Å². The summed E-state index contributed by atoms with van der Waals surface area (Å²) >= 11 is 6.65. The molecule has 0 saturated heterocycles. The van der Waals surface area contributed by atoms with Crippen LogP contribution in [0.2, 0.25) is 5.02 Å². The van der Waals surface area contributed by atoms with Gasteiger partial charge in [0.25, 0.3) is 0 Å². The highest BCUT2D eigenvalue weighted by atomic mass is 35.5. The zero-order valence-electron chi connectivity index (χ0n) is 30.5. The standard InChI is InChI=1S/C39H44ClN5O8/c1-6-53-38(47)35-30(42-24(2)33(37(46)50-5)34(35)26-14-10-11-15-28(26)40)23-52-19-17-45(16-18-51-22-25-12-8-7-9-13-25)39-43-29-21-32(49-4)31(48-3)20-27(29)36(41)44-39/h7-15,20-21,33-34H,6,16-19,22-23H2,1-5H3,(H2,41,43,44). The van der Waals surface area contributed by atoms with Gasteiger partial charge in [-0.15, -0.1) is 0 Å². The van der Waals surface area contributed by atoms with E-state index >= 15 is 0 Å². The first-order chi connectivity index (χ1) is 25.7. The number of nitrogen functional groups attached to an aromatic ring is 1. The fourth-order valence-corrected chi connectivity index (χ4v) is 6.45. The Labute approximate surface area is 313 Å². The molecule has 2 atom stereocenters. The Morgan fingerprint density at radius 2 is 1.55 bits per heavy atom. The van der Waals surface area contributed by atoms with Crippen molar-refractivity contribution in [2.24, 2.45) is 10.9 Å². The molecule has 53 heavy (non-hydrogen) atoms. The number of nitrogens with two attached hydrogens (primary N) is 1. The van der Waals surface area contributed by atoms with Gasteiger partial charge in [0.05, 0.1) is 71.2 Å². The van der Waals surface area contributed by atoms with E-state index in [2.05, 4.69) is 4.98 Å². The summed E-state index contributed by atoms with van der Waals surface area (Å²) in [6, 6.07) is 20.4. The largest absolute Gasteiger partial charge is 0.493 e. The molecular formula is C39H44ClN5O8. The van der Waals surface area contributed by atoms with E-state index in [0.29, 0.717) is 76.6 Å². The molecule has 3 aromatic carbocycles. The van der Waals surface area contributed by atoms with Crippen LogP contribution in [0.5, 0.6) is 11.5 Å². The molecule has 13 nitrogen and oxygen atoms in total. The van der Waals surface area contributed by atoms with Gasteiger partial charge in [0.1, 0.15) is 11.7 Å². The number of carbonyl (C=O) groups is 2. The molecule has 4 aromatic rings. The first-order valence-corrected chi connectivity index (χ1v) is 17.5. The Balaban J connectivity index is 1.41. The second-order valence-corrected chi connectivity index (χ2v) is 12.5. The lowest BCUT2D eigenvalue weighted by molar-refractivity contribution is -0.144. The molecule has 2 unspecified atom stereocenters. The number of methoxy groups -OCH3 is 3. The minimum atomic E-state index is -0.900. The van der Waals surface area contributed by atoms with Crippen molar-refractivity contribution in [2.75, 3.05) is 71.5 Å². The predicted molar refractivity (Wildman–Crippen MR) is 203 cm³/mol. The topological polar surface area (TPSA) is 157 Å². The first-order valence-electron chi connectivity index (χ1n) is 17.1. The van der Waals surface area contributed by atoms with Gasteiger partial charge in [-0.25, -0.2) is 9.78 Å². The Morgan fingerprint density at radius 3 is 2.21 bits per heavy atom. The average molecular weight is 746 g/mol. The number of ether oxygens (including phenoxy) is 6. The van der Waals surface area contributed by atoms with Crippen LogP contribution in [-0.4, -0.2) is 88.5 Å². The van der Waals surface area contributed by atoms with Crippen molar-refractivity contribution >= 4 is 51.9 Å². The SMILES string of the molecule is CCOC(=O)C1=C(COCCN(CCOCc2ccccc2)c2nc(N)c3cc(OC)c(OC)cc3n2)N=C(C)C(C(=O)OC)C1c1ccccc1Cl. The van der Waals surface area contributed by atoms with Gasteiger partial charge in [-0.05, 0) is 37.1 Å². The summed E-state index contributed by atoms with van der Waals surface area (Å²) in [5, 5.41) is 1.00. The molecule has 1 aliphatic rings. The highest BCUT2D eigenvalue weighted by Gasteiger charge is 2.43. The highest BCUT2D eigenvalue weighted by molar-refractivity contribution is 6.31. The molecule has 280 valence electrons. The van der Waals surface area contributed by atoms with Crippen LogP contribution in [0.4, 0.5) is 11.8 Å². The van der Waals surface area contributed by atoms with Crippen LogP contribution in [0.3, 0.4) is 0 Å². The first kappa shape index (κ1) is 39.0. The van der Waals surface area contributed by atoms with E-state index < -0.39 is 23.8 Å². The van der Waals surface area contributed by atoms with Gasteiger partial charge in [0.2, 0.25) is 5.95 Å². The second kappa shape index (κ2) is 18.5. The number of esters is 2. The molecule has 1 aliphatic heterocycles. The van der Waals surface area contributed by atoms with Gasteiger partial charge in [-0.1, -0.05) is 60.1 Å². The Bertz CT molecular complexity index is 1970. The number of fused-ring (bicyclic) bond motifs is 1. The van der Waals surface area contributed by atoms with E-state index in [-0.39, 0.29) is 31.2 Å². The monoisotopic (exact) mass is 745 g/mol. The quantitative estimate of drug-likeness (QED) is 0.103. The van der Waals surface area contributed by atoms with Crippen molar-refractivity contribution in [2.45, 2.75) is 26.4 Å². The molecule has 5 rings (SSSR count). The van der Waals surface area contributed by atoms with E-state index in [1.807, 2.05) is 35.2 Å². The number of hydrogen-bond donors (Lipinski definition) is 1. The second-order valence-electron chi connectivity index (χ2n) is 12.0. The van der Waals surface area contributed by atoms with Crippen molar-refractivity contribution in [3.05, 3.63) is 94.1 Å². The molecule has 0 aliphatic carbocycles. The molecule has 0 fully saturated rings. The van der Waals surface area contributed by atoms with Crippen molar-refractivity contribution in [3.8, 4) is 11.5 Å². The molecule has 0 radical (unpaired) electrons. The Morgan fingerprint density at radius 1 is 0.887 bits per heavy atom. The van der Waals surface area contributed by atoms with Crippen LogP contribution < -0.4 is 20.1 Å². The number of benzene rings is 3. The third-order valence-electron chi connectivity index (χ3n) is 8.77. The number of hydrogen-bond acceptors (Lipinski definition) is 13. The fourth-order valence-electron chi connectivity index (χ4n) is 6.19. The van der Waals surface area contributed by atoms with E-state index in [1.165, 1.54) is 7.11 Å². The maximum Gasteiger partial charge on any atom is 0.336 e. The predicted octanol–water partition coefficient (Wildman–Crippen LogP) is 5.79. The van der Waals surface area contributed by atoms with E-state index in [1.54, 1.807) is 64.5 Å². The molecule has 14 heteroatoms. The third-order valence-corrected chi connectivity index (χ3v) is 9.11. The summed E-state index contributed by atoms with van der Waals surface area (Å²) in [6.07, 6.45) is 0. The molecule has 0 saturated carbocycles. The number of aromatic nitrogens is 2. The molecular weight excluding hydrogens is 702 g/mol. The van der Waals surface area contributed by atoms with Gasteiger partial charge < -0.3 is 39.1 Å². The van der Waals surface area contributed by atoms with E-state index in [4.69, 9.17) is 55.7 Å². The molecule has 2 heterocycles. The maximum atomic E-state index is 13.6. The Hall–Kier alpha value is -5.24. The number of carbonyl (C=O) groups excluding carboxylic acids is 2. The molecule has 0 spiro atoms. The van der Waals surface area contributed by atoms with Gasteiger partial charge in [-0.3, -0.25) is 9.79 Å². The highest BCUT2D eigenvalue weighted by Crippen LogP contribution is 2.42. The van der Waals surface area contributed by atoms with Gasteiger partial charge >= 0.3 is 11.9 Å². The third kappa shape index (κ3) is 9.23. The van der Waals surface area contributed by atoms with Gasteiger partial charge in [-0.2, -0.15) is 4.98 Å². The van der Waals surface area contributed by atoms with Crippen LogP contribution in [-0.2, 0) is 35.1 Å². The lowest BCUT2D eigenvalue weighted by Crippen LogP contribution is -2.37. The van der Waals surface area contributed by atoms with Crippen LogP contribution in [0.1, 0.15) is 30.9 Å². The summed E-state index contributed by atoms with van der Waals surface area (Å²) in [7, 11) is 4.40. The minimum Gasteiger partial charge on any atom is -0.493 e. The number of anilines is 2. The average Bonchev–Trinajstić information content (AvgIpc) is 3.16. The molecule has 0 amide bonds. The lowest BCUT2D eigenvalue weighted by Gasteiger charge is -2.32. The maximum absolute atomic E-state index is 13.6. The van der Waals surface area contributed by atoms with E-state index in [0.717, 1.165) is 5.56 Å². The molecule has 1 aromatic heterocycles. The number of aliphatic imine (C=N–C) groups is 1. The van der Waals surface area contributed by atoms with Gasteiger partial charge in [0.15, 0.2) is 11.5 Å². The fraction of sp³-hybridized carbons (Fsp3) is 0.359. The Kier molecular flexibility index (Phi) is 13.6.